The Hall–Kier alpha value is -0.970. The average molecular weight is 201 g/mol. The quantitative estimate of drug-likeness (QED) is 0.548. The molecule has 1 aromatic heterocycles. The van der Waals surface area contributed by atoms with Gasteiger partial charge in [0.25, 0.3) is 5.22 Å². The normalized spacial score (nSPS) is 10.1. The summed E-state index contributed by atoms with van der Waals surface area (Å²) in [5.74, 6) is 0.737. The van der Waals surface area contributed by atoms with E-state index >= 15 is 0 Å². The van der Waals surface area contributed by atoms with E-state index in [1.54, 1.807) is 0 Å². The van der Waals surface area contributed by atoms with Crippen LogP contribution in [0.1, 0.15) is 11.5 Å². The second kappa shape index (κ2) is 4.32. The van der Waals surface area contributed by atoms with Crippen LogP contribution in [0.4, 0.5) is 0 Å². The Labute approximate surface area is 80.7 Å². The lowest BCUT2D eigenvalue weighted by Gasteiger charge is -1.94. The number of thioether (sulfide) groups is 1. The molecule has 72 valence electrons. The first-order chi connectivity index (χ1) is 6.13. The molecule has 0 radical (unpaired) electrons. The summed E-state index contributed by atoms with van der Waals surface area (Å²) in [4.78, 5) is 14.9. The highest BCUT2D eigenvalue weighted by molar-refractivity contribution is 7.99. The number of ether oxygens (including phenoxy) is 1. The van der Waals surface area contributed by atoms with Gasteiger partial charge in [-0.1, -0.05) is 11.8 Å². The van der Waals surface area contributed by atoms with Crippen molar-refractivity contribution in [1.82, 2.24) is 4.98 Å². The van der Waals surface area contributed by atoms with Gasteiger partial charge in [0.15, 0.2) is 0 Å². The molecule has 0 spiro atoms. The molecule has 0 unspecified atom stereocenters. The number of methoxy groups -OCH3 is 1. The molecule has 0 aliphatic heterocycles. The first-order valence-electron chi connectivity index (χ1n) is 3.77. The molecule has 0 aliphatic carbocycles. The summed E-state index contributed by atoms with van der Waals surface area (Å²) in [6.07, 6.45) is 0. The van der Waals surface area contributed by atoms with Crippen molar-refractivity contribution in [2.24, 2.45) is 0 Å². The number of oxazole rings is 1. The van der Waals surface area contributed by atoms with Gasteiger partial charge in [0.1, 0.15) is 11.5 Å². The number of hydrogen-bond donors (Lipinski definition) is 0. The van der Waals surface area contributed by atoms with E-state index in [9.17, 15) is 4.79 Å². The molecule has 0 aliphatic rings. The maximum Gasteiger partial charge on any atom is 0.316 e. The zero-order valence-electron chi connectivity index (χ0n) is 7.79. The maximum absolute atomic E-state index is 10.8. The number of aromatic nitrogens is 1. The molecule has 1 heterocycles. The van der Waals surface area contributed by atoms with E-state index in [0.29, 0.717) is 5.22 Å². The smallest absolute Gasteiger partial charge is 0.316 e. The Morgan fingerprint density at radius 1 is 1.62 bits per heavy atom. The monoisotopic (exact) mass is 201 g/mol. The van der Waals surface area contributed by atoms with Crippen molar-refractivity contribution in [3.8, 4) is 0 Å². The number of carbonyl (C=O) groups is 1. The van der Waals surface area contributed by atoms with Crippen LogP contribution in [-0.4, -0.2) is 23.8 Å². The van der Waals surface area contributed by atoms with Gasteiger partial charge in [-0.25, -0.2) is 4.98 Å². The van der Waals surface area contributed by atoms with Crippen molar-refractivity contribution in [2.45, 2.75) is 19.1 Å². The van der Waals surface area contributed by atoms with Gasteiger partial charge in [0.05, 0.1) is 12.8 Å². The van der Waals surface area contributed by atoms with Crippen LogP contribution in [0.5, 0.6) is 0 Å². The Kier molecular flexibility index (Phi) is 3.36. The Bertz CT molecular complexity index is 289. The van der Waals surface area contributed by atoms with Crippen LogP contribution in [-0.2, 0) is 9.53 Å². The molecule has 0 atom stereocenters. The Balaban J connectivity index is 2.50. The highest BCUT2D eigenvalue weighted by Gasteiger charge is 2.08. The van der Waals surface area contributed by atoms with E-state index in [4.69, 9.17) is 4.42 Å². The summed E-state index contributed by atoms with van der Waals surface area (Å²) < 4.78 is 9.73. The maximum atomic E-state index is 10.8. The van der Waals surface area contributed by atoms with Gasteiger partial charge in [0, 0.05) is 0 Å². The van der Waals surface area contributed by atoms with Crippen LogP contribution in [0, 0.1) is 13.8 Å². The third-order valence-electron chi connectivity index (χ3n) is 1.55. The molecule has 1 rings (SSSR count). The summed E-state index contributed by atoms with van der Waals surface area (Å²) in [5, 5.41) is 0.514. The first-order valence-corrected chi connectivity index (χ1v) is 4.75. The summed E-state index contributed by atoms with van der Waals surface area (Å²) in [6.45, 7) is 3.70. The molecular weight excluding hydrogens is 190 g/mol. The van der Waals surface area contributed by atoms with E-state index < -0.39 is 0 Å². The predicted molar refractivity (Wildman–Crippen MR) is 48.7 cm³/mol. The van der Waals surface area contributed by atoms with Crippen molar-refractivity contribution in [3.63, 3.8) is 0 Å². The summed E-state index contributed by atoms with van der Waals surface area (Å²) in [6, 6.07) is 0. The fourth-order valence-electron chi connectivity index (χ4n) is 0.685. The lowest BCUT2D eigenvalue weighted by Crippen LogP contribution is -2.02. The van der Waals surface area contributed by atoms with Crippen LogP contribution in [0.25, 0.3) is 0 Å². The van der Waals surface area contributed by atoms with Crippen molar-refractivity contribution in [3.05, 3.63) is 11.5 Å². The fraction of sp³-hybridized carbons (Fsp3) is 0.500. The van der Waals surface area contributed by atoms with Crippen molar-refractivity contribution < 1.29 is 13.9 Å². The second-order valence-electron chi connectivity index (χ2n) is 2.49. The third-order valence-corrected chi connectivity index (χ3v) is 2.35. The van der Waals surface area contributed by atoms with Crippen LogP contribution in [0.3, 0.4) is 0 Å². The zero-order chi connectivity index (χ0) is 9.84. The van der Waals surface area contributed by atoms with E-state index in [2.05, 4.69) is 9.72 Å². The second-order valence-corrected chi connectivity index (χ2v) is 3.41. The minimum Gasteiger partial charge on any atom is -0.468 e. The SMILES string of the molecule is COC(=O)CSc1nc(C)c(C)o1. The van der Waals surface area contributed by atoms with E-state index in [1.165, 1.54) is 18.9 Å². The standard InChI is InChI=1S/C8H11NO3S/c1-5-6(2)12-8(9-5)13-4-7(10)11-3/h4H2,1-3H3. The highest BCUT2D eigenvalue weighted by Crippen LogP contribution is 2.19. The summed E-state index contributed by atoms with van der Waals surface area (Å²) in [5.41, 5.74) is 0.854. The van der Waals surface area contributed by atoms with Gasteiger partial charge in [-0.2, -0.15) is 0 Å². The van der Waals surface area contributed by atoms with Crippen LogP contribution in [0.2, 0.25) is 0 Å². The molecule has 0 bridgehead atoms. The van der Waals surface area contributed by atoms with Crippen LogP contribution >= 0.6 is 11.8 Å². The van der Waals surface area contributed by atoms with Crippen molar-refractivity contribution >= 4 is 17.7 Å². The Morgan fingerprint density at radius 3 is 2.77 bits per heavy atom. The number of carbonyl (C=O) groups excluding carboxylic acids is 1. The summed E-state index contributed by atoms with van der Waals surface area (Å²) >= 11 is 1.24. The fourth-order valence-corrected chi connectivity index (χ4v) is 1.43. The van der Waals surface area contributed by atoms with Crippen molar-refractivity contribution in [2.75, 3.05) is 12.9 Å². The third kappa shape index (κ3) is 2.77. The molecule has 0 fully saturated rings. The van der Waals surface area contributed by atoms with Gasteiger partial charge in [0.2, 0.25) is 0 Å². The lowest BCUT2D eigenvalue weighted by molar-refractivity contribution is -0.137. The molecule has 4 nitrogen and oxygen atoms in total. The van der Waals surface area contributed by atoms with Crippen LogP contribution < -0.4 is 0 Å². The lowest BCUT2D eigenvalue weighted by atomic mass is 10.4. The number of hydrogen-bond acceptors (Lipinski definition) is 5. The molecule has 1 aromatic rings. The van der Waals surface area contributed by atoms with E-state index in [-0.39, 0.29) is 11.7 Å². The molecule has 0 aromatic carbocycles. The predicted octanol–water partition coefficient (Wildman–Crippen LogP) is 1.56. The number of rotatable bonds is 3. The van der Waals surface area contributed by atoms with Gasteiger partial charge in [-0.05, 0) is 13.8 Å². The highest BCUT2D eigenvalue weighted by atomic mass is 32.2. The molecular formula is C8H11NO3S. The minimum atomic E-state index is -0.279. The van der Waals surface area contributed by atoms with Crippen LogP contribution in [0.15, 0.2) is 9.64 Å². The average Bonchev–Trinajstić information content (AvgIpc) is 2.42. The zero-order valence-corrected chi connectivity index (χ0v) is 8.60. The number of nitrogens with zero attached hydrogens (tertiary/aromatic N) is 1. The van der Waals surface area contributed by atoms with Crippen molar-refractivity contribution in [1.29, 1.82) is 0 Å². The van der Waals surface area contributed by atoms with Gasteiger partial charge < -0.3 is 9.15 Å². The molecule has 0 saturated carbocycles. The molecule has 0 saturated heterocycles. The van der Waals surface area contributed by atoms with Gasteiger partial charge >= 0.3 is 5.97 Å². The minimum absolute atomic E-state index is 0.232. The van der Waals surface area contributed by atoms with Gasteiger partial charge in [-0.3, -0.25) is 4.79 Å². The largest absolute Gasteiger partial charge is 0.468 e. The molecule has 5 heteroatoms. The summed E-state index contributed by atoms with van der Waals surface area (Å²) in [7, 11) is 1.36. The molecule has 0 amide bonds. The van der Waals surface area contributed by atoms with E-state index in [0.717, 1.165) is 11.5 Å². The van der Waals surface area contributed by atoms with E-state index in [1.807, 2.05) is 13.8 Å². The molecule has 13 heavy (non-hydrogen) atoms. The number of aryl methyl sites for hydroxylation is 2. The Morgan fingerprint density at radius 2 is 2.31 bits per heavy atom. The number of esters is 1. The first kappa shape index (κ1) is 10.1. The topological polar surface area (TPSA) is 52.3 Å². The molecule has 0 N–H and O–H groups in total. The van der Waals surface area contributed by atoms with Gasteiger partial charge in [-0.15, -0.1) is 0 Å².